The molecule has 2 rings (SSSR count). The summed E-state index contributed by atoms with van der Waals surface area (Å²) < 4.78 is 1.37. The molecule has 0 radical (unpaired) electrons. The molecule has 0 aliphatic heterocycles. The zero-order valence-corrected chi connectivity index (χ0v) is 12.8. The summed E-state index contributed by atoms with van der Waals surface area (Å²) >= 11 is 1.30. The van der Waals surface area contributed by atoms with Crippen LogP contribution < -0.4 is 5.56 Å². The predicted octanol–water partition coefficient (Wildman–Crippen LogP) is 2.46. The van der Waals surface area contributed by atoms with E-state index in [1.165, 1.54) is 28.2 Å². The Labute approximate surface area is 126 Å². The Bertz CT molecular complexity index is 768. The smallest absolute Gasteiger partial charge is 0.250 e. The van der Waals surface area contributed by atoms with Crippen molar-refractivity contribution in [2.24, 2.45) is 7.05 Å². The highest BCUT2D eigenvalue weighted by Gasteiger charge is 2.25. The van der Waals surface area contributed by atoms with Crippen LogP contribution >= 0.6 is 11.3 Å². The summed E-state index contributed by atoms with van der Waals surface area (Å²) in [5.41, 5.74) is 0.831. The van der Waals surface area contributed by atoms with E-state index in [4.69, 9.17) is 0 Å². The van der Waals surface area contributed by atoms with Crippen LogP contribution in [0.3, 0.4) is 0 Å². The number of hydrogen-bond donors (Lipinski definition) is 0. The third-order valence-electron chi connectivity index (χ3n) is 3.16. The number of Topliss-reactive ketones (excluding diaryl/α,β-unsaturated/α-hetero) is 1. The molecule has 0 saturated heterocycles. The van der Waals surface area contributed by atoms with Crippen molar-refractivity contribution in [3.05, 3.63) is 50.3 Å². The highest BCUT2D eigenvalue weighted by molar-refractivity contribution is 7.10. The minimum absolute atomic E-state index is 0.242. The standard InChI is InChI=1S/C15H15N3O2S/c1-9(2)12-8-21-15(17-12)11(7-16)14(20)10-4-5-18(3)13(19)6-10/h4-6,8-9,11H,1-3H3/t11-/m1/s1. The molecule has 0 bridgehead atoms. The van der Waals surface area contributed by atoms with Gasteiger partial charge in [0.05, 0.1) is 11.8 Å². The molecule has 2 aromatic rings. The monoisotopic (exact) mass is 301 g/mol. The molecule has 21 heavy (non-hydrogen) atoms. The quantitative estimate of drug-likeness (QED) is 0.813. The Balaban J connectivity index is 2.36. The maximum Gasteiger partial charge on any atom is 0.250 e. The lowest BCUT2D eigenvalue weighted by Crippen LogP contribution is -2.19. The number of aryl methyl sites for hydroxylation is 1. The van der Waals surface area contributed by atoms with Gasteiger partial charge in [-0.2, -0.15) is 5.26 Å². The van der Waals surface area contributed by atoms with Crippen molar-refractivity contribution in [1.29, 1.82) is 5.26 Å². The molecule has 0 unspecified atom stereocenters. The highest BCUT2D eigenvalue weighted by atomic mass is 32.1. The minimum atomic E-state index is -0.963. The van der Waals surface area contributed by atoms with Gasteiger partial charge >= 0.3 is 0 Å². The molecule has 1 atom stereocenters. The number of ketones is 1. The van der Waals surface area contributed by atoms with Gasteiger partial charge in [0.2, 0.25) is 0 Å². The number of carbonyl (C=O) groups is 1. The van der Waals surface area contributed by atoms with E-state index in [1.54, 1.807) is 13.1 Å². The molecule has 108 valence electrons. The van der Waals surface area contributed by atoms with E-state index in [1.807, 2.05) is 25.3 Å². The summed E-state index contributed by atoms with van der Waals surface area (Å²) in [6.45, 7) is 4.01. The summed E-state index contributed by atoms with van der Waals surface area (Å²) in [5, 5.41) is 11.6. The predicted molar refractivity (Wildman–Crippen MR) is 80.6 cm³/mol. The first-order chi connectivity index (χ1) is 9.93. The molecule has 0 fully saturated rings. The fourth-order valence-electron chi connectivity index (χ4n) is 1.79. The molecule has 6 heteroatoms. The fraction of sp³-hybridized carbons (Fsp3) is 0.333. The molecular weight excluding hydrogens is 286 g/mol. The van der Waals surface area contributed by atoms with Gasteiger partial charge in [0.15, 0.2) is 11.7 Å². The van der Waals surface area contributed by atoms with Gasteiger partial charge in [-0.05, 0) is 12.0 Å². The Hall–Kier alpha value is -2.26. The first-order valence-electron chi connectivity index (χ1n) is 6.50. The summed E-state index contributed by atoms with van der Waals surface area (Å²) in [7, 11) is 1.61. The molecule has 2 heterocycles. The van der Waals surface area contributed by atoms with Crippen LogP contribution in [0.15, 0.2) is 28.5 Å². The van der Waals surface area contributed by atoms with E-state index >= 15 is 0 Å². The molecule has 2 aromatic heterocycles. The molecule has 0 amide bonds. The molecule has 0 aliphatic carbocycles. The lowest BCUT2D eigenvalue weighted by Gasteiger charge is -2.06. The largest absolute Gasteiger partial charge is 0.319 e. The lowest BCUT2D eigenvalue weighted by molar-refractivity contribution is 0.0978. The van der Waals surface area contributed by atoms with Crippen LogP contribution in [0.5, 0.6) is 0 Å². The normalized spacial score (nSPS) is 12.1. The maximum absolute atomic E-state index is 12.4. The van der Waals surface area contributed by atoms with Gasteiger partial charge in [-0.25, -0.2) is 4.98 Å². The second-order valence-corrected chi connectivity index (χ2v) is 5.95. The Kier molecular flexibility index (Phi) is 4.34. The van der Waals surface area contributed by atoms with Gasteiger partial charge in [0.25, 0.3) is 5.56 Å². The molecule has 0 spiro atoms. The van der Waals surface area contributed by atoms with Crippen LogP contribution in [0.4, 0.5) is 0 Å². The van der Waals surface area contributed by atoms with Crippen molar-refractivity contribution in [3.63, 3.8) is 0 Å². The SMILES string of the molecule is CC(C)c1csc([C@H](C#N)C(=O)c2ccn(C)c(=O)c2)n1. The van der Waals surface area contributed by atoms with E-state index in [0.717, 1.165) is 5.69 Å². The van der Waals surface area contributed by atoms with E-state index in [0.29, 0.717) is 5.01 Å². The van der Waals surface area contributed by atoms with Crippen molar-refractivity contribution in [2.45, 2.75) is 25.7 Å². The first kappa shape index (κ1) is 15.1. The molecule has 0 aliphatic rings. The number of nitriles is 1. The van der Waals surface area contributed by atoms with Crippen LogP contribution in [0.1, 0.15) is 46.7 Å². The molecule has 0 N–H and O–H groups in total. The Morgan fingerprint density at radius 1 is 1.48 bits per heavy atom. The van der Waals surface area contributed by atoms with Gasteiger partial charge in [-0.1, -0.05) is 13.8 Å². The molecule has 0 saturated carbocycles. The van der Waals surface area contributed by atoms with Crippen molar-refractivity contribution >= 4 is 17.1 Å². The number of pyridine rings is 1. The fourth-order valence-corrected chi connectivity index (χ4v) is 2.81. The van der Waals surface area contributed by atoms with Gasteiger partial charge in [0, 0.05) is 30.3 Å². The summed E-state index contributed by atoms with van der Waals surface area (Å²) in [4.78, 5) is 28.4. The zero-order valence-electron chi connectivity index (χ0n) is 12.0. The van der Waals surface area contributed by atoms with E-state index in [-0.39, 0.29) is 22.8 Å². The topological polar surface area (TPSA) is 75.8 Å². The van der Waals surface area contributed by atoms with Crippen LogP contribution in [-0.4, -0.2) is 15.3 Å². The lowest BCUT2D eigenvalue weighted by atomic mass is 10.0. The number of thiazole rings is 1. The summed E-state index contributed by atoms with van der Waals surface area (Å²) in [5.74, 6) is -1.11. The van der Waals surface area contributed by atoms with Crippen molar-refractivity contribution in [2.75, 3.05) is 0 Å². The van der Waals surface area contributed by atoms with Crippen molar-refractivity contribution in [1.82, 2.24) is 9.55 Å². The Morgan fingerprint density at radius 2 is 2.19 bits per heavy atom. The molecular formula is C15H15N3O2S. The van der Waals surface area contributed by atoms with Crippen LogP contribution in [-0.2, 0) is 7.05 Å². The van der Waals surface area contributed by atoms with Crippen LogP contribution in [0, 0.1) is 11.3 Å². The number of rotatable bonds is 4. The maximum atomic E-state index is 12.4. The van der Waals surface area contributed by atoms with Gasteiger partial charge in [0.1, 0.15) is 5.01 Å². The minimum Gasteiger partial charge on any atom is -0.319 e. The van der Waals surface area contributed by atoms with Crippen molar-refractivity contribution < 1.29 is 4.79 Å². The van der Waals surface area contributed by atoms with Crippen LogP contribution in [0.2, 0.25) is 0 Å². The number of carbonyl (C=O) groups excluding carboxylic acids is 1. The van der Waals surface area contributed by atoms with Gasteiger partial charge in [-0.3, -0.25) is 9.59 Å². The van der Waals surface area contributed by atoms with Gasteiger partial charge in [-0.15, -0.1) is 11.3 Å². The summed E-state index contributed by atoms with van der Waals surface area (Å²) in [6, 6.07) is 4.79. The third kappa shape index (κ3) is 3.09. The average molecular weight is 301 g/mol. The first-order valence-corrected chi connectivity index (χ1v) is 7.38. The van der Waals surface area contributed by atoms with Crippen LogP contribution in [0.25, 0.3) is 0 Å². The summed E-state index contributed by atoms with van der Waals surface area (Å²) in [6.07, 6.45) is 1.52. The second kappa shape index (κ2) is 6.02. The van der Waals surface area contributed by atoms with E-state index in [9.17, 15) is 14.9 Å². The molecule has 0 aromatic carbocycles. The van der Waals surface area contributed by atoms with Gasteiger partial charge < -0.3 is 4.57 Å². The van der Waals surface area contributed by atoms with Crippen molar-refractivity contribution in [3.8, 4) is 6.07 Å². The number of aromatic nitrogens is 2. The zero-order chi connectivity index (χ0) is 15.6. The Morgan fingerprint density at radius 3 is 2.71 bits per heavy atom. The van der Waals surface area contributed by atoms with E-state index < -0.39 is 5.92 Å². The second-order valence-electron chi connectivity index (χ2n) is 5.06. The van der Waals surface area contributed by atoms with E-state index in [2.05, 4.69) is 4.98 Å². The molecule has 5 nitrogen and oxygen atoms in total. The average Bonchev–Trinajstić information content (AvgIpc) is 2.92. The number of hydrogen-bond acceptors (Lipinski definition) is 5. The number of nitrogens with zero attached hydrogens (tertiary/aromatic N) is 3. The third-order valence-corrected chi connectivity index (χ3v) is 4.09. The highest BCUT2D eigenvalue weighted by Crippen LogP contribution is 2.26.